The Morgan fingerprint density at radius 3 is 3.04 bits per heavy atom. The predicted molar refractivity (Wildman–Crippen MR) is 89.4 cm³/mol. The molecule has 2 aromatic heterocycles. The van der Waals surface area contributed by atoms with E-state index in [2.05, 4.69) is 10.3 Å². The number of carbonyl (C=O) groups excluding carboxylic acids is 1. The van der Waals surface area contributed by atoms with Crippen LogP contribution in [-0.2, 0) is 4.74 Å². The molecule has 1 amide bonds. The van der Waals surface area contributed by atoms with Crippen LogP contribution >= 0.6 is 0 Å². The summed E-state index contributed by atoms with van der Waals surface area (Å²) in [7, 11) is 1.63. The summed E-state index contributed by atoms with van der Waals surface area (Å²) < 4.78 is 16.3. The third-order valence-corrected chi connectivity index (χ3v) is 4.25. The number of rotatable bonds is 4. The molecule has 0 saturated carbocycles. The maximum atomic E-state index is 12.3. The number of pyridine rings is 1. The fourth-order valence-corrected chi connectivity index (χ4v) is 2.95. The zero-order valence-electron chi connectivity index (χ0n) is 13.4. The van der Waals surface area contributed by atoms with Crippen LogP contribution in [0.15, 0.2) is 34.7 Å². The van der Waals surface area contributed by atoms with Crippen molar-refractivity contribution in [3.8, 4) is 5.75 Å². The number of carbonyl (C=O) groups is 1. The number of furan rings is 1. The minimum atomic E-state index is -0.245. The van der Waals surface area contributed by atoms with Gasteiger partial charge in [-0.2, -0.15) is 0 Å². The van der Waals surface area contributed by atoms with E-state index in [0.29, 0.717) is 12.3 Å². The molecule has 6 heteroatoms. The molecule has 0 radical (unpaired) electrons. The molecule has 6 nitrogen and oxygen atoms in total. The van der Waals surface area contributed by atoms with E-state index in [-0.39, 0.29) is 17.8 Å². The van der Waals surface area contributed by atoms with E-state index in [0.717, 1.165) is 41.5 Å². The van der Waals surface area contributed by atoms with Crippen LogP contribution in [0.1, 0.15) is 23.4 Å². The van der Waals surface area contributed by atoms with E-state index in [1.54, 1.807) is 13.2 Å². The Morgan fingerprint density at radius 1 is 1.33 bits per heavy atom. The normalized spacial score (nSPS) is 17.5. The third kappa shape index (κ3) is 2.80. The molecule has 0 aliphatic carbocycles. The van der Waals surface area contributed by atoms with Gasteiger partial charge >= 0.3 is 0 Å². The predicted octanol–water partition coefficient (Wildman–Crippen LogP) is 2.90. The molecule has 1 atom stereocenters. The zero-order valence-corrected chi connectivity index (χ0v) is 13.4. The molecule has 3 heterocycles. The molecule has 0 bridgehead atoms. The molecule has 124 valence electrons. The molecule has 1 saturated heterocycles. The van der Waals surface area contributed by atoms with Gasteiger partial charge in [-0.1, -0.05) is 0 Å². The van der Waals surface area contributed by atoms with E-state index in [4.69, 9.17) is 13.9 Å². The highest BCUT2D eigenvalue weighted by molar-refractivity contribution is 5.98. The monoisotopic (exact) mass is 326 g/mol. The molecule has 1 fully saturated rings. The number of ether oxygens (including phenoxy) is 2. The maximum Gasteiger partial charge on any atom is 0.287 e. The summed E-state index contributed by atoms with van der Waals surface area (Å²) in [5.41, 5.74) is 1.25. The molecule has 0 spiro atoms. The number of benzene rings is 1. The summed E-state index contributed by atoms with van der Waals surface area (Å²) in [4.78, 5) is 16.7. The van der Waals surface area contributed by atoms with E-state index in [1.807, 2.05) is 24.3 Å². The maximum absolute atomic E-state index is 12.3. The first kappa shape index (κ1) is 15.0. The lowest BCUT2D eigenvalue weighted by Crippen LogP contribution is -2.31. The van der Waals surface area contributed by atoms with Gasteiger partial charge in [-0.25, -0.2) is 4.98 Å². The van der Waals surface area contributed by atoms with Crippen molar-refractivity contribution in [3.63, 3.8) is 0 Å². The average molecular weight is 326 g/mol. The zero-order chi connectivity index (χ0) is 16.5. The van der Waals surface area contributed by atoms with Crippen molar-refractivity contribution < 1.29 is 18.7 Å². The largest absolute Gasteiger partial charge is 0.497 e. The van der Waals surface area contributed by atoms with Crippen molar-refractivity contribution >= 4 is 27.9 Å². The fourth-order valence-electron chi connectivity index (χ4n) is 2.95. The lowest BCUT2D eigenvalue weighted by molar-refractivity contribution is 0.0836. The molecule has 1 aromatic carbocycles. The number of hydrogen-bond donors (Lipinski definition) is 1. The Kier molecular flexibility index (Phi) is 3.82. The summed E-state index contributed by atoms with van der Waals surface area (Å²) in [6.45, 7) is 1.27. The van der Waals surface area contributed by atoms with Gasteiger partial charge in [-0.3, -0.25) is 4.79 Å². The van der Waals surface area contributed by atoms with Gasteiger partial charge in [0, 0.05) is 23.9 Å². The van der Waals surface area contributed by atoms with Gasteiger partial charge in [0.25, 0.3) is 5.91 Å². The Hall–Kier alpha value is -2.60. The molecule has 1 N–H and O–H groups in total. The van der Waals surface area contributed by atoms with Crippen molar-refractivity contribution in [1.82, 2.24) is 10.3 Å². The van der Waals surface area contributed by atoms with Crippen LogP contribution < -0.4 is 10.1 Å². The van der Waals surface area contributed by atoms with Gasteiger partial charge in [0.2, 0.25) is 5.71 Å². The summed E-state index contributed by atoms with van der Waals surface area (Å²) >= 11 is 0. The minimum absolute atomic E-state index is 0.103. The standard InChI is InChI=1S/C18H18N2O4/c1-22-13-4-5-15-11(8-13)7-12-9-16(24-18(12)20-15)17(21)19-10-14-3-2-6-23-14/h4-5,7-9,14H,2-3,6,10H2,1H3,(H,19,21)/t14-/m1/s1. The molecular formula is C18H18N2O4. The lowest BCUT2D eigenvalue weighted by Gasteiger charge is -2.09. The van der Waals surface area contributed by atoms with Crippen LogP contribution in [0.2, 0.25) is 0 Å². The number of fused-ring (bicyclic) bond motifs is 2. The van der Waals surface area contributed by atoms with Crippen LogP contribution in [0, 0.1) is 0 Å². The second-order valence-electron chi connectivity index (χ2n) is 5.90. The number of amides is 1. The Balaban J connectivity index is 1.59. The number of aromatic nitrogens is 1. The average Bonchev–Trinajstić information content (AvgIpc) is 3.26. The first-order valence-corrected chi connectivity index (χ1v) is 8.01. The van der Waals surface area contributed by atoms with Crippen LogP contribution in [0.3, 0.4) is 0 Å². The van der Waals surface area contributed by atoms with Crippen LogP contribution in [-0.4, -0.2) is 37.3 Å². The second-order valence-corrected chi connectivity index (χ2v) is 5.90. The number of nitrogens with one attached hydrogen (secondary N) is 1. The van der Waals surface area contributed by atoms with Crippen LogP contribution in [0.25, 0.3) is 22.0 Å². The molecule has 0 unspecified atom stereocenters. The van der Waals surface area contributed by atoms with Crippen molar-refractivity contribution in [3.05, 3.63) is 36.1 Å². The molecule has 3 aromatic rings. The molecule has 24 heavy (non-hydrogen) atoms. The summed E-state index contributed by atoms with van der Waals surface area (Å²) in [5.74, 6) is 0.782. The number of nitrogens with zero attached hydrogens (tertiary/aromatic N) is 1. The van der Waals surface area contributed by atoms with Crippen LogP contribution in [0.5, 0.6) is 5.75 Å². The quantitative estimate of drug-likeness (QED) is 0.798. The fraction of sp³-hybridized carbons (Fsp3) is 0.333. The summed E-state index contributed by atoms with van der Waals surface area (Å²) in [5, 5.41) is 4.58. The second kappa shape index (κ2) is 6.13. The molecular weight excluding hydrogens is 308 g/mol. The van der Waals surface area contributed by atoms with E-state index in [1.165, 1.54) is 0 Å². The Bertz CT molecular complexity index is 897. The topological polar surface area (TPSA) is 73.6 Å². The number of hydrogen-bond acceptors (Lipinski definition) is 5. The van der Waals surface area contributed by atoms with Crippen molar-refractivity contribution in [1.29, 1.82) is 0 Å². The summed E-state index contributed by atoms with van der Waals surface area (Å²) in [6, 6.07) is 9.28. The highest BCUT2D eigenvalue weighted by Gasteiger charge is 2.19. The first-order chi connectivity index (χ1) is 11.7. The van der Waals surface area contributed by atoms with Gasteiger partial charge in [-0.05, 0) is 43.2 Å². The molecule has 4 rings (SSSR count). The van der Waals surface area contributed by atoms with Gasteiger partial charge in [0.15, 0.2) is 5.76 Å². The lowest BCUT2D eigenvalue weighted by atomic mass is 10.2. The smallest absolute Gasteiger partial charge is 0.287 e. The van der Waals surface area contributed by atoms with Crippen molar-refractivity contribution in [2.75, 3.05) is 20.3 Å². The third-order valence-electron chi connectivity index (χ3n) is 4.25. The van der Waals surface area contributed by atoms with Crippen molar-refractivity contribution in [2.24, 2.45) is 0 Å². The van der Waals surface area contributed by atoms with Gasteiger partial charge in [0.1, 0.15) is 5.75 Å². The summed E-state index contributed by atoms with van der Waals surface area (Å²) in [6.07, 6.45) is 2.13. The highest BCUT2D eigenvalue weighted by atomic mass is 16.5. The first-order valence-electron chi connectivity index (χ1n) is 8.01. The highest BCUT2D eigenvalue weighted by Crippen LogP contribution is 2.25. The SMILES string of the molecule is COc1ccc2nc3oc(C(=O)NC[C@H]4CCCO4)cc3cc2c1. The van der Waals surface area contributed by atoms with E-state index in [9.17, 15) is 4.79 Å². The Labute approximate surface area is 138 Å². The minimum Gasteiger partial charge on any atom is -0.497 e. The molecule has 1 aliphatic heterocycles. The Morgan fingerprint density at radius 2 is 2.25 bits per heavy atom. The van der Waals surface area contributed by atoms with E-state index >= 15 is 0 Å². The van der Waals surface area contributed by atoms with Crippen molar-refractivity contribution in [2.45, 2.75) is 18.9 Å². The van der Waals surface area contributed by atoms with Gasteiger partial charge in [0.05, 0.1) is 18.7 Å². The van der Waals surface area contributed by atoms with E-state index < -0.39 is 0 Å². The van der Waals surface area contributed by atoms with Gasteiger partial charge < -0.3 is 19.2 Å². The number of methoxy groups -OCH3 is 1. The molecule has 1 aliphatic rings. The van der Waals surface area contributed by atoms with Gasteiger partial charge in [-0.15, -0.1) is 0 Å². The van der Waals surface area contributed by atoms with Crippen LogP contribution in [0.4, 0.5) is 0 Å².